The monoisotopic (exact) mass is 309 g/mol. The second-order valence-electron chi connectivity index (χ2n) is 3.97. The molecule has 0 unspecified atom stereocenters. The van der Waals surface area contributed by atoms with E-state index in [0.717, 1.165) is 0 Å². The summed E-state index contributed by atoms with van der Waals surface area (Å²) in [6.45, 7) is 0. The number of carbonyl (C=O) groups is 1. The zero-order chi connectivity index (χ0) is 14.5. The Labute approximate surface area is 124 Å². The number of rotatable bonds is 4. The largest absolute Gasteiger partial charge is 0.321 e. The minimum absolute atomic E-state index is 0.0905. The molecule has 1 heterocycles. The van der Waals surface area contributed by atoms with Gasteiger partial charge in [0, 0.05) is 16.8 Å². The third-order valence-electron chi connectivity index (χ3n) is 2.41. The van der Waals surface area contributed by atoms with Gasteiger partial charge >= 0.3 is 0 Å². The minimum Gasteiger partial charge on any atom is -0.321 e. The van der Waals surface area contributed by atoms with Gasteiger partial charge in [0.15, 0.2) is 0 Å². The molecular formula is C13H12ClN3O2S. The number of halogens is 1. The zero-order valence-electron chi connectivity index (χ0n) is 10.6. The molecule has 1 aromatic heterocycles. The predicted molar refractivity (Wildman–Crippen MR) is 81.5 cm³/mol. The molecule has 0 saturated heterocycles. The Bertz CT molecular complexity index is 670. The van der Waals surface area contributed by atoms with E-state index in [-0.39, 0.29) is 11.3 Å². The van der Waals surface area contributed by atoms with Gasteiger partial charge in [-0.3, -0.25) is 9.59 Å². The highest BCUT2D eigenvalue weighted by atomic mass is 35.5. The fourth-order valence-corrected chi connectivity index (χ4v) is 2.09. The number of amides is 1. The van der Waals surface area contributed by atoms with E-state index in [0.29, 0.717) is 22.3 Å². The smallest absolute Gasteiger partial charge is 0.274 e. The second-order valence-corrected chi connectivity index (χ2v) is 5.27. The number of aromatic nitrogens is 2. The van der Waals surface area contributed by atoms with Crippen LogP contribution in [0, 0.1) is 0 Å². The van der Waals surface area contributed by atoms with Crippen LogP contribution >= 0.6 is 23.4 Å². The van der Waals surface area contributed by atoms with E-state index in [1.807, 2.05) is 6.26 Å². The van der Waals surface area contributed by atoms with Crippen molar-refractivity contribution in [3.63, 3.8) is 0 Å². The Morgan fingerprint density at radius 2 is 2.10 bits per heavy atom. The Kier molecular flexibility index (Phi) is 4.81. The molecule has 2 aromatic rings. The highest BCUT2D eigenvalue weighted by molar-refractivity contribution is 7.97. The molecule has 104 valence electrons. The van der Waals surface area contributed by atoms with Crippen LogP contribution in [0.4, 0.5) is 5.69 Å². The van der Waals surface area contributed by atoms with Gasteiger partial charge < -0.3 is 10.3 Å². The Morgan fingerprint density at radius 3 is 2.75 bits per heavy atom. The maximum Gasteiger partial charge on any atom is 0.274 e. The highest BCUT2D eigenvalue weighted by Gasteiger charge is 2.10. The van der Waals surface area contributed by atoms with Gasteiger partial charge in [-0.1, -0.05) is 11.6 Å². The van der Waals surface area contributed by atoms with Crippen LogP contribution in [0.1, 0.15) is 16.3 Å². The summed E-state index contributed by atoms with van der Waals surface area (Å²) < 4.78 is 0. The number of H-pyrrole nitrogens is 1. The fraction of sp³-hybridized carbons (Fsp3) is 0.154. The summed E-state index contributed by atoms with van der Waals surface area (Å²) in [5.74, 6) is 0.587. The van der Waals surface area contributed by atoms with E-state index < -0.39 is 5.91 Å². The van der Waals surface area contributed by atoms with Crippen LogP contribution in [0.15, 0.2) is 35.1 Å². The topological polar surface area (TPSA) is 74.8 Å². The molecule has 0 fully saturated rings. The van der Waals surface area contributed by atoms with Gasteiger partial charge in [0.2, 0.25) is 0 Å². The first-order valence-corrected chi connectivity index (χ1v) is 7.52. The standard InChI is InChI=1S/C13H12ClN3O2S/c1-20-7-11-16-10(6-12(18)17-11)13(19)15-9-4-2-8(14)3-5-9/h2-6H,7H2,1H3,(H,15,19)(H,16,17,18). The summed E-state index contributed by atoms with van der Waals surface area (Å²) in [5.41, 5.74) is 0.339. The van der Waals surface area contributed by atoms with Crippen molar-refractivity contribution in [3.05, 3.63) is 57.2 Å². The quantitative estimate of drug-likeness (QED) is 0.910. The van der Waals surface area contributed by atoms with Crippen molar-refractivity contribution in [1.29, 1.82) is 0 Å². The zero-order valence-corrected chi connectivity index (χ0v) is 12.2. The van der Waals surface area contributed by atoms with Gasteiger partial charge in [0.05, 0.1) is 5.75 Å². The summed E-state index contributed by atoms with van der Waals surface area (Å²) in [6, 6.07) is 7.87. The number of carbonyl (C=O) groups excluding carboxylic acids is 1. The molecule has 20 heavy (non-hydrogen) atoms. The minimum atomic E-state index is -0.430. The average molecular weight is 310 g/mol. The number of hydrogen-bond donors (Lipinski definition) is 2. The molecule has 0 saturated carbocycles. The number of benzene rings is 1. The molecule has 2 N–H and O–H groups in total. The highest BCUT2D eigenvalue weighted by Crippen LogP contribution is 2.14. The number of hydrogen-bond acceptors (Lipinski definition) is 4. The molecule has 1 aromatic carbocycles. The molecule has 0 aliphatic heterocycles. The van der Waals surface area contributed by atoms with Gasteiger partial charge in [0.25, 0.3) is 11.5 Å². The van der Waals surface area contributed by atoms with Crippen molar-refractivity contribution in [2.45, 2.75) is 5.75 Å². The number of nitrogens with zero attached hydrogens (tertiary/aromatic N) is 1. The van der Waals surface area contributed by atoms with E-state index in [4.69, 9.17) is 11.6 Å². The maximum atomic E-state index is 12.0. The fourth-order valence-electron chi connectivity index (χ4n) is 1.56. The Morgan fingerprint density at radius 1 is 1.40 bits per heavy atom. The number of aromatic amines is 1. The first kappa shape index (κ1) is 14.6. The van der Waals surface area contributed by atoms with Crippen LogP contribution < -0.4 is 10.9 Å². The molecule has 0 atom stereocenters. The van der Waals surface area contributed by atoms with Crippen LogP contribution in [-0.2, 0) is 5.75 Å². The number of thioether (sulfide) groups is 1. The lowest BCUT2D eigenvalue weighted by Gasteiger charge is -2.05. The first-order valence-electron chi connectivity index (χ1n) is 5.74. The summed E-state index contributed by atoms with van der Waals surface area (Å²) in [5, 5.41) is 3.25. The van der Waals surface area contributed by atoms with Crippen molar-refractivity contribution < 1.29 is 4.79 Å². The Hall–Kier alpha value is -1.79. The Balaban J connectivity index is 2.20. The molecule has 0 aliphatic rings. The van der Waals surface area contributed by atoms with Crippen LogP contribution in [0.5, 0.6) is 0 Å². The van der Waals surface area contributed by atoms with Crippen molar-refractivity contribution in [2.75, 3.05) is 11.6 Å². The van der Waals surface area contributed by atoms with Crippen LogP contribution in [0.3, 0.4) is 0 Å². The van der Waals surface area contributed by atoms with E-state index in [1.165, 1.54) is 17.8 Å². The van der Waals surface area contributed by atoms with Crippen LogP contribution in [-0.4, -0.2) is 22.1 Å². The van der Waals surface area contributed by atoms with E-state index in [2.05, 4.69) is 15.3 Å². The van der Waals surface area contributed by atoms with Gasteiger partial charge in [-0.2, -0.15) is 11.8 Å². The molecule has 0 bridgehead atoms. The molecule has 0 aliphatic carbocycles. The number of nitrogens with one attached hydrogen (secondary N) is 2. The van der Waals surface area contributed by atoms with Crippen molar-refractivity contribution >= 4 is 35.0 Å². The molecule has 5 nitrogen and oxygen atoms in total. The molecular weight excluding hydrogens is 298 g/mol. The predicted octanol–water partition coefficient (Wildman–Crippen LogP) is 2.54. The lowest BCUT2D eigenvalue weighted by atomic mass is 10.3. The summed E-state index contributed by atoms with van der Waals surface area (Å²) >= 11 is 7.28. The first-order chi connectivity index (χ1) is 9.58. The summed E-state index contributed by atoms with van der Waals surface area (Å²) in [7, 11) is 0. The van der Waals surface area contributed by atoms with E-state index in [9.17, 15) is 9.59 Å². The molecule has 0 spiro atoms. The number of anilines is 1. The van der Waals surface area contributed by atoms with Gasteiger partial charge in [-0.15, -0.1) is 0 Å². The van der Waals surface area contributed by atoms with Gasteiger partial charge in [-0.25, -0.2) is 4.98 Å². The lowest BCUT2D eigenvalue weighted by molar-refractivity contribution is 0.102. The van der Waals surface area contributed by atoms with Crippen molar-refractivity contribution in [3.8, 4) is 0 Å². The molecule has 1 amide bonds. The SMILES string of the molecule is CSCc1nc(C(=O)Nc2ccc(Cl)cc2)cc(=O)[nH]1. The van der Waals surface area contributed by atoms with E-state index >= 15 is 0 Å². The van der Waals surface area contributed by atoms with Crippen LogP contribution in [0.25, 0.3) is 0 Å². The lowest BCUT2D eigenvalue weighted by Crippen LogP contribution is -2.20. The van der Waals surface area contributed by atoms with Gasteiger partial charge in [0.1, 0.15) is 11.5 Å². The third kappa shape index (κ3) is 3.85. The van der Waals surface area contributed by atoms with E-state index in [1.54, 1.807) is 24.3 Å². The third-order valence-corrected chi connectivity index (χ3v) is 3.22. The second kappa shape index (κ2) is 6.58. The normalized spacial score (nSPS) is 10.3. The summed E-state index contributed by atoms with van der Waals surface area (Å²) in [6.07, 6.45) is 1.89. The molecule has 2 rings (SSSR count). The molecule has 7 heteroatoms. The van der Waals surface area contributed by atoms with Crippen molar-refractivity contribution in [1.82, 2.24) is 9.97 Å². The van der Waals surface area contributed by atoms with Gasteiger partial charge in [-0.05, 0) is 30.5 Å². The average Bonchev–Trinajstić information content (AvgIpc) is 2.41. The van der Waals surface area contributed by atoms with Crippen LogP contribution in [0.2, 0.25) is 5.02 Å². The maximum absolute atomic E-state index is 12.0. The summed E-state index contributed by atoms with van der Waals surface area (Å²) in [4.78, 5) is 30.2. The molecule has 0 radical (unpaired) electrons. The van der Waals surface area contributed by atoms with Crippen molar-refractivity contribution in [2.24, 2.45) is 0 Å².